The molecular formula is C22H32N2O. The molecule has 136 valence electrons. The maximum absolute atomic E-state index is 12.8. The molecule has 0 atom stereocenters. The minimum atomic E-state index is -0.584. The first-order valence-corrected chi connectivity index (χ1v) is 9.82. The van der Waals surface area contributed by atoms with Gasteiger partial charge in [0.15, 0.2) is 0 Å². The monoisotopic (exact) mass is 340 g/mol. The van der Waals surface area contributed by atoms with Crippen molar-refractivity contribution in [3.63, 3.8) is 0 Å². The van der Waals surface area contributed by atoms with E-state index in [1.54, 1.807) is 0 Å². The lowest BCUT2D eigenvalue weighted by atomic mass is 9.81. The molecule has 1 aliphatic heterocycles. The van der Waals surface area contributed by atoms with Crippen molar-refractivity contribution in [2.24, 2.45) is 11.7 Å². The number of carbonyl (C=O) groups excluding carboxylic acids is 1. The second-order valence-corrected chi connectivity index (χ2v) is 8.01. The van der Waals surface area contributed by atoms with Gasteiger partial charge in [-0.15, -0.1) is 0 Å². The number of piperidine rings is 1. The fourth-order valence-corrected chi connectivity index (χ4v) is 4.33. The Morgan fingerprint density at radius 1 is 1.12 bits per heavy atom. The van der Waals surface area contributed by atoms with E-state index >= 15 is 0 Å². The van der Waals surface area contributed by atoms with Crippen LogP contribution in [0.3, 0.4) is 0 Å². The summed E-state index contributed by atoms with van der Waals surface area (Å²) >= 11 is 0. The third-order valence-corrected chi connectivity index (χ3v) is 6.08. The molecule has 2 fully saturated rings. The Bertz CT molecular complexity index is 615. The number of nitrogens with two attached hydrogens (primary N) is 1. The minimum Gasteiger partial charge on any atom is -0.341 e. The smallest absolute Gasteiger partial charge is 0.242 e. The van der Waals surface area contributed by atoms with Gasteiger partial charge in [0.2, 0.25) is 5.91 Å². The molecule has 2 aliphatic rings. The summed E-state index contributed by atoms with van der Waals surface area (Å²) < 4.78 is 0. The van der Waals surface area contributed by atoms with E-state index in [0.717, 1.165) is 51.6 Å². The van der Waals surface area contributed by atoms with Gasteiger partial charge in [0.1, 0.15) is 0 Å². The van der Waals surface area contributed by atoms with E-state index in [1.165, 1.54) is 23.1 Å². The second-order valence-electron chi connectivity index (χ2n) is 8.01. The zero-order valence-corrected chi connectivity index (χ0v) is 15.8. The van der Waals surface area contributed by atoms with Gasteiger partial charge in [-0.3, -0.25) is 4.79 Å². The number of benzene rings is 1. The Balaban J connectivity index is 1.57. The molecule has 2 N–H and O–H groups in total. The molecule has 0 spiro atoms. The Labute approximate surface area is 152 Å². The summed E-state index contributed by atoms with van der Waals surface area (Å²) in [5.41, 5.74) is 9.83. The van der Waals surface area contributed by atoms with Crippen LogP contribution >= 0.6 is 0 Å². The molecule has 25 heavy (non-hydrogen) atoms. The first kappa shape index (κ1) is 18.2. The number of rotatable bonds is 3. The molecule has 1 amide bonds. The lowest BCUT2D eigenvalue weighted by molar-refractivity contribution is -0.139. The lowest BCUT2D eigenvalue weighted by Gasteiger charge is -2.39. The molecule has 1 aromatic carbocycles. The second kappa shape index (κ2) is 7.74. The van der Waals surface area contributed by atoms with Crippen LogP contribution in [0.1, 0.15) is 61.6 Å². The van der Waals surface area contributed by atoms with Crippen LogP contribution in [0, 0.1) is 19.8 Å². The van der Waals surface area contributed by atoms with Crippen molar-refractivity contribution in [2.75, 3.05) is 13.1 Å². The highest BCUT2D eigenvalue weighted by molar-refractivity contribution is 5.86. The van der Waals surface area contributed by atoms with E-state index in [2.05, 4.69) is 44.2 Å². The molecule has 0 aromatic heterocycles. The van der Waals surface area contributed by atoms with Crippen LogP contribution in [0.2, 0.25) is 0 Å². The number of allylic oxidation sites excluding steroid dienone is 1. The topological polar surface area (TPSA) is 46.3 Å². The predicted octanol–water partition coefficient (Wildman–Crippen LogP) is 4.22. The number of hydrogen-bond acceptors (Lipinski definition) is 2. The molecule has 1 aromatic rings. The van der Waals surface area contributed by atoms with E-state index in [1.807, 2.05) is 4.90 Å². The summed E-state index contributed by atoms with van der Waals surface area (Å²) in [6.45, 7) is 6.02. The molecule has 0 radical (unpaired) electrons. The third kappa shape index (κ3) is 4.14. The maximum atomic E-state index is 12.8. The Hall–Kier alpha value is -1.61. The van der Waals surface area contributed by atoms with Gasteiger partial charge in [-0.25, -0.2) is 0 Å². The largest absolute Gasteiger partial charge is 0.341 e. The van der Waals surface area contributed by atoms with Crippen molar-refractivity contribution in [3.8, 4) is 0 Å². The Kier molecular flexibility index (Phi) is 5.63. The van der Waals surface area contributed by atoms with Crippen molar-refractivity contribution < 1.29 is 4.79 Å². The number of carbonyl (C=O) groups is 1. The standard InChI is InChI=1S/C22H32N2O/c1-17-7-6-8-18(2)20(17)10-9-19-11-15-24(16-12-19)21(25)22(23)13-4-3-5-14-22/h6-10,19H,3-5,11-16,23H2,1-2H3/b10-9+. The van der Waals surface area contributed by atoms with E-state index < -0.39 is 5.54 Å². The maximum Gasteiger partial charge on any atom is 0.242 e. The van der Waals surface area contributed by atoms with Crippen LogP contribution < -0.4 is 5.73 Å². The first-order valence-electron chi connectivity index (χ1n) is 9.82. The highest BCUT2D eigenvalue weighted by Gasteiger charge is 2.39. The van der Waals surface area contributed by atoms with Crippen LogP contribution in [0.25, 0.3) is 6.08 Å². The van der Waals surface area contributed by atoms with Crippen LogP contribution in [0.4, 0.5) is 0 Å². The number of amides is 1. The number of nitrogens with zero attached hydrogens (tertiary/aromatic N) is 1. The summed E-state index contributed by atoms with van der Waals surface area (Å²) in [6.07, 6.45) is 11.8. The van der Waals surface area contributed by atoms with Crippen molar-refractivity contribution in [1.29, 1.82) is 0 Å². The van der Waals surface area contributed by atoms with E-state index in [9.17, 15) is 4.79 Å². The van der Waals surface area contributed by atoms with Crippen LogP contribution in [-0.2, 0) is 4.79 Å². The number of aryl methyl sites for hydroxylation is 2. The highest BCUT2D eigenvalue weighted by Crippen LogP contribution is 2.30. The molecule has 1 saturated heterocycles. The van der Waals surface area contributed by atoms with Crippen LogP contribution in [0.15, 0.2) is 24.3 Å². The van der Waals surface area contributed by atoms with Gasteiger partial charge in [-0.1, -0.05) is 49.6 Å². The van der Waals surface area contributed by atoms with Gasteiger partial charge < -0.3 is 10.6 Å². The SMILES string of the molecule is Cc1cccc(C)c1/C=C/C1CCN(C(=O)C2(N)CCCCC2)CC1. The van der Waals surface area contributed by atoms with Gasteiger partial charge in [-0.2, -0.15) is 0 Å². The van der Waals surface area contributed by atoms with Crippen molar-refractivity contribution in [2.45, 2.75) is 64.3 Å². The van der Waals surface area contributed by atoms with E-state index in [0.29, 0.717) is 5.92 Å². The van der Waals surface area contributed by atoms with Crippen LogP contribution in [0.5, 0.6) is 0 Å². The molecule has 1 heterocycles. The van der Waals surface area contributed by atoms with Gasteiger partial charge in [-0.05, 0) is 62.1 Å². The minimum absolute atomic E-state index is 0.198. The highest BCUT2D eigenvalue weighted by atomic mass is 16.2. The van der Waals surface area contributed by atoms with E-state index in [4.69, 9.17) is 5.73 Å². The average molecular weight is 341 g/mol. The van der Waals surface area contributed by atoms with Crippen molar-refractivity contribution in [1.82, 2.24) is 4.90 Å². The molecule has 0 bridgehead atoms. The van der Waals surface area contributed by atoms with Crippen LogP contribution in [-0.4, -0.2) is 29.4 Å². The molecule has 3 rings (SSSR count). The summed E-state index contributed by atoms with van der Waals surface area (Å²) in [4.78, 5) is 14.9. The molecule has 1 aliphatic carbocycles. The molecule has 0 unspecified atom stereocenters. The fraction of sp³-hybridized carbons (Fsp3) is 0.591. The molecule has 3 nitrogen and oxygen atoms in total. The van der Waals surface area contributed by atoms with Gasteiger partial charge in [0.25, 0.3) is 0 Å². The summed E-state index contributed by atoms with van der Waals surface area (Å²) in [7, 11) is 0. The number of hydrogen-bond donors (Lipinski definition) is 1. The predicted molar refractivity (Wildman–Crippen MR) is 104 cm³/mol. The molecule has 3 heteroatoms. The normalized spacial score (nSPS) is 21.6. The molecular weight excluding hydrogens is 308 g/mol. The summed E-state index contributed by atoms with van der Waals surface area (Å²) in [5, 5.41) is 0. The molecule has 1 saturated carbocycles. The zero-order valence-electron chi connectivity index (χ0n) is 15.8. The number of likely N-dealkylation sites (tertiary alicyclic amines) is 1. The Morgan fingerprint density at radius 3 is 2.32 bits per heavy atom. The Morgan fingerprint density at radius 2 is 1.72 bits per heavy atom. The lowest BCUT2D eigenvalue weighted by Crippen LogP contribution is -2.57. The van der Waals surface area contributed by atoms with Gasteiger partial charge >= 0.3 is 0 Å². The third-order valence-electron chi connectivity index (χ3n) is 6.08. The quantitative estimate of drug-likeness (QED) is 0.895. The average Bonchev–Trinajstić information content (AvgIpc) is 2.62. The summed E-state index contributed by atoms with van der Waals surface area (Å²) in [5.74, 6) is 0.757. The van der Waals surface area contributed by atoms with Crippen molar-refractivity contribution in [3.05, 3.63) is 41.0 Å². The summed E-state index contributed by atoms with van der Waals surface area (Å²) in [6, 6.07) is 6.44. The first-order chi connectivity index (χ1) is 12.0. The van der Waals surface area contributed by atoms with Crippen molar-refractivity contribution >= 4 is 12.0 Å². The van der Waals surface area contributed by atoms with Gasteiger partial charge in [0, 0.05) is 13.1 Å². The zero-order chi connectivity index (χ0) is 17.9. The van der Waals surface area contributed by atoms with E-state index in [-0.39, 0.29) is 5.91 Å². The fourth-order valence-electron chi connectivity index (χ4n) is 4.33. The van der Waals surface area contributed by atoms with Gasteiger partial charge in [0.05, 0.1) is 5.54 Å².